The van der Waals surface area contributed by atoms with Crippen molar-refractivity contribution < 1.29 is 12.6 Å². The van der Waals surface area contributed by atoms with E-state index in [2.05, 4.69) is 27.7 Å². The Morgan fingerprint density at radius 1 is 0.913 bits per heavy atom. The van der Waals surface area contributed by atoms with Crippen LogP contribution in [0.4, 0.5) is 0 Å². The van der Waals surface area contributed by atoms with Crippen LogP contribution in [-0.4, -0.2) is 14.2 Å². The highest BCUT2D eigenvalue weighted by molar-refractivity contribution is 14.0. The fourth-order valence-electron chi connectivity index (χ4n) is 2.26. The second kappa shape index (κ2) is 10.5. The van der Waals surface area contributed by atoms with Crippen LogP contribution in [0.5, 0.6) is 5.75 Å². The van der Waals surface area contributed by atoms with Crippen LogP contribution in [0.2, 0.25) is 0 Å². The van der Waals surface area contributed by atoms with Gasteiger partial charge >= 0.3 is 10.1 Å². The molecule has 0 aliphatic carbocycles. The molecule has 134 valence electrons. The maximum absolute atomic E-state index is 11.9. The SMILES string of the molecule is CCCCCCCCS(=O)(=O)Oc1ccc(C(C)(C)C)cc1.I. The first-order valence-electron chi connectivity index (χ1n) is 8.27. The second-order valence-electron chi connectivity index (χ2n) is 6.89. The third-order valence-corrected chi connectivity index (χ3v) is 4.93. The normalized spacial score (nSPS) is 11.8. The van der Waals surface area contributed by atoms with Gasteiger partial charge in [-0.2, -0.15) is 8.42 Å². The van der Waals surface area contributed by atoms with Crippen LogP contribution in [-0.2, 0) is 15.5 Å². The fraction of sp³-hybridized carbons (Fsp3) is 0.667. The molecule has 3 nitrogen and oxygen atoms in total. The molecule has 0 atom stereocenters. The van der Waals surface area contributed by atoms with Gasteiger partial charge in [0.15, 0.2) is 0 Å². The lowest BCUT2D eigenvalue weighted by Crippen LogP contribution is -2.14. The fourth-order valence-corrected chi connectivity index (χ4v) is 3.30. The van der Waals surface area contributed by atoms with Gasteiger partial charge in [-0.1, -0.05) is 71.9 Å². The van der Waals surface area contributed by atoms with Crippen molar-refractivity contribution in [2.75, 3.05) is 5.75 Å². The number of benzene rings is 1. The Morgan fingerprint density at radius 3 is 1.96 bits per heavy atom. The Kier molecular flexibility index (Phi) is 10.4. The molecule has 1 aromatic carbocycles. The first-order chi connectivity index (χ1) is 10.2. The molecule has 0 aromatic heterocycles. The number of unbranched alkanes of at least 4 members (excludes halogenated alkanes) is 5. The van der Waals surface area contributed by atoms with Crippen LogP contribution >= 0.6 is 24.0 Å². The van der Waals surface area contributed by atoms with E-state index in [1.165, 1.54) is 19.3 Å². The van der Waals surface area contributed by atoms with Crippen LogP contribution in [0.25, 0.3) is 0 Å². The van der Waals surface area contributed by atoms with E-state index >= 15 is 0 Å². The van der Waals surface area contributed by atoms with Gasteiger partial charge in [0, 0.05) is 0 Å². The maximum Gasteiger partial charge on any atom is 0.309 e. The van der Waals surface area contributed by atoms with Gasteiger partial charge in [-0.25, -0.2) is 0 Å². The summed E-state index contributed by atoms with van der Waals surface area (Å²) in [6.07, 6.45) is 6.34. The van der Waals surface area contributed by atoms with Crippen molar-refractivity contribution in [2.24, 2.45) is 0 Å². The Morgan fingerprint density at radius 2 is 1.43 bits per heavy atom. The van der Waals surface area contributed by atoms with E-state index in [0.29, 0.717) is 12.2 Å². The van der Waals surface area contributed by atoms with Crippen molar-refractivity contribution in [2.45, 2.75) is 71.6 Å². The van der Waals surface area contributed by atoms with Crippen molar-refractivity contribution in [3.63, 3.8) is 0 Å². The molecule has 1 rings (SSSR count). The van der Waals surface area contributed by atoms with Crippen LogP contribution < -0.4 is 4.18 Å². The Labute approximate surface area is 159 Å². The molecule has 0 unspecified atom stereocenters. The zero-order chi connectivity index (χ0) is 16.6. The minimum atomic E-state index is -3.48. The molecule has 0 saturated heterocycles. The van der Waals surface area contributed by atoms with E-state index in [1.807, 2.05) is 12.1 Å². The lowest BCUT2D eigenvalue weighted by Gasteiger charge is -2.19. The molecule has 0 fully saturated rings. The third-order valence-electron chi connectivity index (χ3n) is 3.69. The highest BCUT2D eigenvalue weighted by Gasteiger charge is 2.15. The van der Waals surface area contributed by atoms with E-state index in [1.54, 1.807) is 12.1 Å². The summed E-state index contributed by atoms with van der Waals surface area (Å²) in [5.41, 5.74) is 1.21. The molecule has 0 spiro atoms. The van der Waals surface area contributed by atoms with Crippen LogP contribution in [0.15, 0.2) is 24.3 Å². The molecular formula is C18H31IO3S. The highest BCUT2D eigenvalue weighted by atomic mass is 127. The van der Waals surface area contributed by atoms with E-state index in [0.717, 1.165) is 18.4 Å². The van der Waals surface area contributed by atoms with Gasteiger partial charge < -0.3 is 4.18 Å². The summed E-state index contributed by atoms with van der Waals surface area (Å²) in [4.78, 5) is 0. The Bertz CT molecular complexity index is 530. The van der Waals surface area contributed by atoms with Gasteiger partial charge in [0.1, 0.15) is 5.75 Å². The largest absolute Gasteiger partial charge is 0.382 e. The average Bonchev–Trinajstić information content (AvgIpc) is 2.42. The monoisotopic (exact) mass is 454 g/mol. The van der Waals surface area contributed by atoms with Crippen molar-refractivity contribution in [1.29, 1.82) is 0 Å². The maximum atomic E-state index is 11.9. The molecule has 0 aliphatic rings. The summed E-state index contributed by atoms with van der Waals surface area (Å²) in [5.74, 6) is 0.499. The Balaban J connectivity index is 0.00000484. The van der Waals surface area contributed by atoms with Gasteiger partial charge in [-0.3, -0.25) is 0 Å². The summed E-state index contributed by atoms with van der Waals surface area (Å²) in [6, 6.07) is 7.32. The summed E-state index contributed by atoms with van der Waals surface area (Å²) >= 11 is 0. The van der Waals surface area contributed by atoms with Gasteiger partial charge in [0.2, 0.25) is 0 Å². The molecule has 0 radical (unpaired) electrons. The van der Waals surface area contributed by atoms with Crippen molar-refractivity contribution in [1.82, 2.24) is 0 Å². The molecule has 5 heteroatoms. The summed E-state index contributed by atoms with van der Waals surface area (Å²) in [6.45, 7) is 8.54. The third kappa shape index (κ3) is 9.55. The summed E-state index contributed by atoms with van der Waals surface area (Å²) in [5, 5.41) is 0. The molecular weight excluding hydrogens is 423 g/mol. The van der Waals surface area contributed by atoms with Gasteiger partial charge in [0.05, 0.1) is 5.75 Å². The zero-order valence-corrected chi connectivity index (χ0v) is 17.9. The van der Waals surface area contributed by atoms with Gasteiger partial charge in [0.25, 0.3) is 0 Å². The van der Waals surface area contributed by atoms with Crippen LogP contribution in [0.3, 0.4) is 0 Å². The highest BCUT2D eigenvalue weighted by Crippen LogP contribution is 2.25. The quantitative estimate of drug-likeness (QED) is 0.274. The van der Waals surface area contributed by atoms with Crippen LogP contribution in [0.1, 0.15) is 71.8 Å². The zero-order valence-electron chi connectivity index (χ0n) is 14.8. The molecule has 1 aromatic rings. The summed E-state index contributed by atoms with van der Waals surface area (Å²) < 4.78 is 29.1. The predicted molar refractivity (Wildman–Crippen MR) is 108 cm³/mol. The first kappa shape index (κ1) is 22.7. The lowest BCUT2D eigenvalue weighted by atomic mass is 9.87. The minimum Gasteiger partial charge on any atom is -0.382 e. The molecule has 0 amide bonds. The molecule has 23 heavy (non-hydrogen) atoms. The summed E-state index contributed by atoms with van der Waals surface area (Å²) in [7, 11) is -3.48. The molecule has 0 bridgehead atoms. The lowest BCUT2D eigenvalue weighted by molar-refractivity contribution is 0.481. The smallest absolute Gasteiger partial charge is 0.309 e. The number of rotatable bonds is 9. The molecule has 0 aliphatic heterocycles. The van der Waals surface area contributed by atoms with Gasteiger partial charge in [-0.15, -0.1) is 24.0 Å². The van der Waals surface area contributed by atoms with Crippen molar-refractivity contribution >= 4 is 34.1 Å². The van der Waals surface area contributed by atoms with E-state index in [9.17, 15) is 8.42 Å². The standard InChI is InChI=1S/C18H30O3S.HI/c1-5-6-7-8-9-10-15-22(19,20)21-17-13-11-16(12-14-17)18(2,3)4;/h11-14H,5-10,15H2,1-4H3;1H. The molecule has 0 saturated carbocycles. The topological polar surface area (TPSA) is 43.4 Å². The minimum absolute atomic E-state index is 0. The number of hydrogen-bond donors (Lipinski definition) is 0. The number of halogens is 1. The molecule has 0 heterocycles. The Hall–Kier alpha value is -0.300. The van der Waals surface area contributed by atoms with Crippen molar-refractivity contribution in [3.05, 3.63) is 29.8 Å². The average molecular weight is 454 g/mol. The predicted octanol–water partition coefficient (Wildman–Crippen LogP) is 5.67. The number of hydrogen-bond acceptors (Lipinski definition) is 3. The second-order valence-corrected chi connectivity index (χ2v) is 8.58. The van der Waals surface area contributed by atoms with Crippen molar-refractivity contribution in [3.8, 4) is 5.75 Å². The first-order valence-corrected chi connectivity index (χ1v) is 9.85. The van der Waals surface area contributed by atoms with E-state index in [-0.39, 0.29) is 35.1 Å². The van der Waals surface area contributed by atoms with E-state index in [4.69, 9.17) is 4.18 Å². The molecule has 0 N–H and O–H groups in total. The van der Waals surface area contributed by atoms with Crippen LogP contribution in [0, 0.1) is 0 Å². The van der Waals surface area contributed by atoms with Gasteiger partial charge in [-0.05, 0) is 29.5 Å². The van der Waals surface area contributed by atoms with E-state index < -0.39 is 10.1 Å².